The van der Waals surface area contributed by atoms with Gasteiger partial charge >= 0.3 is 0 Å². The second-order valence-corrected chi connectivity index (χ2v) is 5.59. The first-order valence-corrected chi connectivity index (χ1v) is 8.42. The summed E-state index contributed by atoms with van der Waals surface area (Å²) in [6.45, 7) is 10.9. The largest absolute Gasteiger partial charge is 0.494 e. The van der Waals surface area contributed by atoms with Gasteiger partial charge in [-0.1, -0.05) is 62.6 Å². The molecule has 2 nitrogen and oxygen atoms in total. The van der Waals surface area contributed by atoms with Crippen LogP contribution in [0.2, 0.25) is 0 Å². The predicted molar refractivity (Wildman–Crippen MR) is 101 cm³/mol. The fourth-order valence-electron chi connectivity index (χ4n) is 1.96. The molecule has 0 atom stereocenters. The van der Waals surface area contributed by atoms with Crippen molar-refractivity contribution in [1.82, 2.24) is 0 Å². The molecular formula is C21H29NO. The average molecular weight is 311 g/mol. The van der Waals surface area contributed by atoms with Crippen molar-refractivity contribution in [2.75, 3.05) is 6.61 Å². The highest BCUT2D eigenvalue weighted by Crippen LogP contribution is 2.12. The van der Waals surface area contributed by atoms with Crippen LogP contribution < -0.4 is 0 Å². The molecule has 0 spiro atoms. The van der Waals surface area contributed by atoms with E-state index in [1.54, 1.807) is 0 Å². The molecule has 0 aliphatic rings. The lowest BCUT2D eigenvalue weighted by Gasteiger charge is -2.05. The number of aliphatic imine (C=N–C) groups is 1. The summed E-state index contributed by atoms with van der Waals surface area (Å²) in [4.78, 5) is 4.48. The van der Waals surface area contributed by atoms with E-state index in [2.05, 4.69) is 37.6 Å². The second kappa shape index (κ2) is 11.5. The number of hydrogen-bond donors (Lipinski definition) is 0. The third-order valence-electron chi connectivity index (χ3n) is 3.48. The van der Waals surface area contributed by atoms with E-state index in [0.717, 1.165) is 24.3 Å². The van der Waals surface area contributed by atoms with Gasteiger partial charge in [0.1, 0.15) is 5.76 Å². The summed E-state index contributed by atoms with van der Waals surface area (Å²) in [5.74, 6) is 0.699. The Morgan fingerprint density at radius 2 is 1.87 bits per heavy atom. The molecule has 1 aromatic rings. The van der Waals surface area contributed by atoms with Crippen LogP contribution in [0.15, 0.2) is 65.4 Å². The van der Waals surface area contributed by atoms with E-state index < -0.39 is 0 Å². The molecule has 0 radical (unpaired) electrons. The monoisotopic (exact) mass is 311 g/mol. The average Bonchev–Trinajstić information content (AvgIpc) is 2.56. The maximum Gasteiger partial charge on any atom is 0.112 e. The summed E-state index contributed by atoms with van der Waals surface area (Å²) in [6.07, 6.45) is 12.6. The Morgan fingerprint density at radius 1 is 1.13 bits per heavy atom. The first-order chi connectivity index (χ1) is 11.2. The van der Waals surface area contributed by atoms with Crippen LogP contribution in [0.4, 0.5) is 5.69 Å². The van der Waals surface area contributed by atoms with Crippen LogP contribution >= 0.6 is 0 Å². The molecule has 2 heteroatoms. The van der Waals surface area contributed by atoms with Gasteiger partial charge in [0.15, 0.2) is 0 Å². The van der Waals surface area contributed by atoms with Crippen LogP contribution in [-0.2, 0) is 4.74 Å². The van der Waals surface area contributed by atoms with Gasteiger partial charge in [-0.3, -0.25) is 4.99 Å². The summed E-state index contributed by atoms with van der Waals surface area (Å²) < 4.78 is 5.61. The summed E-state index contributed by atoms with van der Waals surface area (Å²) in [6, 6.07) is 8.15. The number of ether oxygens (including phenoxy) is 1. The van der Waals surface area contributed by atoms with Crippen molar-refractivity contribution >= 4 is 11.9 Å². The fraction of sp³-hybridized carbons (Fsp3) is 0.381. The number of hydrogen-bond acceptors (Lipinski definition) is 2. The van der Waals surface area contributed by atoms with Crippen molar-refractivity contribution in [3.05, 3.63) is 66.0 Å². The molecule has 23 heavy (non-hydrogen) atoms. The van der Waals surface area contributed by atoms with Crippen LogP contribution in [0.5, 0.6) is 0 Å². The Morgan fingerprint density at radius 3 is 2.52 bits per heavy atom. The quantitative estimate of drug-likeness (QED) is 0.215. The SMILES string of the molecule is C=C(/C=C\C(C=Nc1ccc(C)cc1)=C/C)OCCCCCC. The molecule has 124 valence electrons. The number of benzene rings is 1. The van der Waals surface area contributed by atoms with E-state index in [0.29, 0.717) is 5.76 Å². The van der Waals surface area contributed by atoms with Gasteiger partial charge in [-0.2, -0.15) is 0 Å². The first-order valence-electron chi connectivity index (χ1n) is 8.42. The number of allylic oxidation sites excluding steroid dienone is 4. The summed E-state index contributed by atoms with van der Waals surface area (Å²) >= 11 is 0. The lowest BCUT2D eigenvalue weighted by molar-refractivity contribution is 0.218. The molecule has 0 saturated heterocycles. The lowest BCUT2D eigenvalue weighted by atomic mass is 10.2. The molecule has 0 amide bonds. The molecule has 1 aromatic carbocycles. The van der Waals surface area contributed by atoms with Crippen LogP contribution in [0.1, 0.15) is 45.1 Å². The Bertz CT molecular complexity index is 550. The maximum atomic E-state index is 5.61. The predicted octanol–water partition coefficient (Wildman–Crippen LogP) is 6.31. The Balaban J connectivity index is 2.43. The molecular weight excluding hydrogens is 282 g/mol. The Kier molecular flexibility index (Phi) is 9.46. The Hall–Kier alpha value is -2.09. The van der Waals surface area contributed by atoms with Gasteiger partial charge < -0.3 is 4.74 Å². The minimum atomic E-state index is 0.699. The Labute approximate surface area is 141 Å². The van der Waals surface area contributed by atoms with Crippen molar-refractivity contribution in [3.63, 3.8) is 0 Å². The van der Waals surface area contributed by atoms with E-state index in [4.69, 9.17) is 4.74 Å². The maximum absolute atomic E-state index is 5.61. The zero-order valence-corrected chi connectivity index (χ0v) is 14.7. The van der Waals surface area contributed by atoms with Gasteiger partial charge in [-0.15, -0.1) is 0 Å². The number of rotatable bonds is 10. The first kappa shape index (κ1) is 19.0. The zero-order chi connectivity index (χ0) is 16.9. The van der Waals surface area contributed by atoms with Crippen molar-refractivity contribution in [2.24, 2.45) is 4.99 Å². The second-order valence-electron chi connectivity index (χ2n) is 5.59. The van der Waals surface area contributed by atoms with Crippen LogP contribution in [0.25, 0.3) is 0 Å². The molecule has 0 saturated carbocycles. The van der Waals surface area contributed by atoms with Gasteiger partial charge in [0.25, 0.3) is 0 Å². The van der Waals surface area contributed by atoms with Crippen LogP contribution in [0.3, 0.4) is 0 Å². The molecule has 0 aliphatic carbocycles. The van der Waals surface area contributed by atoms with Crippen LogP contribution in [-0.4, -0.2) is 12.8 Å². The third-order valence-corrected chi connectivity index (χ3v) is 3.48. The highest BCUT2D eigenvalue weighted by atomic mass is 16.5. The van der Waals surface area contributed by atoms with Crippen molar-refractivity contribution in [1.29, 1.82) is 0 Å². The molecule has 0 aromatic heterocycles. The van der Waals surface area contributed by atoms with Gasteiger partial charge in [0.05, 0.1) is 12.3 Å². The fourth-order valence-corrected chi connectivity index (χ4v) is 1.96. The van der Waals surface area contributed by atoms with Gasteiger partial charge in [-0.25, -0.2) is 0 Å². The summed E-state index contributed by atoms with van der Waals surface area (Å²) in [5, 5.41) is 0. The van der Waals surface area contributed by atoms with E-state index in [1.165, 1.54) is 24.8 Å². The van der Waals surface area contributed by atoms with Crippen LogP contribution in [0, 0.1) is 6.92 Å². The molecule has 0 fully saturated rings. The molecule has 1 rings (SSSR count). The number of nitrogens with zero attached hydrogens (tertiary/aromatic N) is 1. The van der Waals surface area contributed by atoms with Gasteiger partial charge in [0, 0.05) is 6.21 Å². The molecule has 0 unspecified atom stereocenters. The van der Waals surface area contributed by atoms with Gasteiger partial charge in [-0.05, 0) is 44.1 Å². The minimum Gasteiger partial charge on any atom is -0.494 e. The summed E-state index contributed by atoms with van der Waals surface area (Å²) in [5.41, 5.74) is 3.22. The van der Waals surface area contributed by atoms with Crippen molar-refractivity contribution in [3.8, 4) is 0 Å². The topological polar surface area (TPSA) is 21.6 Å². The summed E-state index contributed by atoms with van der Waals surface area (Å²) in [7, 11) is 0. The third kappa shape index (κ3) is 8.82. The van der Waals surface area contributed by atoms with E-state index in [9.17, 15) is 0 Å². The molecule has 0 bridgehead atoms. The van der Waals surface area contributed by atoms with E-state index in [1.807, 2.05) is 43.5 Å². The van der Waals surface area contributed by atoms with Gasteiger partial charge in [0.2, 0.25) is 0 Å². The van der Waals surface area contributed by atoms with E-state index >= 15 is 0 Å². The normalized spacial score (nSPS) is 12.2. The standard InChI is InChI=1S/C21H29NO/c1-5-7-8-9-16-23-19(4)12-13-20(6-2)17-22-21-14-10-18(3)11-15-21/h6,10-15,17H,4-5,7-9,16H2,1-3H3/b13-12-,20-6+,22-17?. The molecule has 0 heterocycles. The number of unbranched alkanes of at least 4 members (excludes halogenated alkanes) is 3. The molecule has 0 N–H and O–H groups in total. The van der Waals surface area contributed by atoms with Crippen molar-refractivity contribution < 1.29 is 4.74 Å². The highest BCUT2D eigenvalue weighted by molar-refractivity contribution is 5.84. The minimum absolute atomic E-state index is 0.699. The van der Waals surface area contributed by atoms with E-state index in [-0.39, 0.29) is 0 Å². The van der Waals surface area contributed by atoms with Crippen molar-refractivity contribution in [2.45, 2.75) is 46.5 Å². The number of aryl methyl sites for hydroxylation is 1. The zero-order valence-electron chi connectivity index (χ0n) is 14.7. The smallest absolute Gasteiger partial charge is 0.112 e. The lowest BCUT2D eigenvalue weighted by Crippen LogP contribution is -1.92. The molecule has 0 aliphatic heterocycles. The highest BCUT2D eigenvalue weighted by Gasteiger charge is 1.93.